The number of aliphatic hydroxyl groups excluding tert-OH is 1. The smallest absolute Gasteiger partial charge is 0.234 e. The third kappa shape index (κ3) is 4.90. The number of likely N-dealkylation sites (tertiary alicyclic amines) is 1. The molecule has 1 saturated heterocycles. The maximum absolute atomic E-state index is 14.3. The molecule has 2 atom stereocenters. The summed E-state index contributed by atoms with van der Waals surface area (Å²) in [5.74, 6) is -0.175. The Labute approximate surface area is 208 Å². The minimum absolute atomic E-state index is 0. The number of carbonyl (C=O) groups is 1. The molecule has 3 aromatic rings. The van der Waals surface area contributed by atoms with Crippen LogP contribution in [0.15, 0.2) is 78.9 Å². The summed E-state index contributed by atoms with van der Waals surface area (Å²) < 4.78 is 0. The fourth-order valence-corrected chi connectivity index (χ4v) is 5.50. The molecular formula is C29H33ClN2O2. The van der Waals surface area contributed by atoms with E-state index in [9.17, 15) is 9.90 Å². The van der Waals surface area contributed by atoms with Gasteiger partial charge in [0, 0.05) is 26.7 Å². The van der Waals surface area contributed by atoms with Gasteiger partial charge in [0.1, 0.15) is 0 Å². The van der Waals surface area contributed by atoms with E-state index in [0.717, 1.165) is 49.0 Å². The van der Waals surface area contributed by atoms with Gasteiger partial charge in [-0.05, 0) is 47.1 Å². The number of β-amino-alcohol motifs (C(OH)–C–C–N with tert-alkyl or cyclic N) is 1. The van der Waals surface area contributed by atoms with Crippen molar-refractivity contribution < 1.29 is 9.90 Å². The minimum Gasteiger partial charge on any atom is -0.392 e. The average molecular weight is 477 g/mol. The highest BCUT2D eigenvalue weighted by Gasteiger charge is 2.35. The van der Waals surface area contributed by atoms with Crippen molar-refractivity contribution in [3.8, 4) is 0 Å². The molecule has 4 nitrogen and oxygen atoms in total. The molecule has 2 aliphatic rings. The molecule has 3 aromatic carbocycles. The van der Waals surface area contributed by atoms with Gasteiger partial charge in [-0.3, -0.25) is 9.69 Å². The van der Waals surface area contributed by atoms with E-state index in [1.807, 2.05) is 42.3 Å². The summed E-state index contributed by atoms with van der Waals surface area (Å²) >= 11 is 0. The standard InChI is InChI=1S/C29H32N2O2.ClH/c1-30(27(23-11-3-2-4-12-23)20-31-18-17-24(32)19-31)29(33)28-25-13-7-5-9-21(25)15-16-22-10-6-8-14-26(22)28;/h2-14,24,27-28,32H,15-20H2,1H3;1H/t24-,27+;/m0./s1. The SMILES string of the molecule is CN(C(=O)C1c2ccccc2CCc2ccccc21)[C@H](CN1CC[C@H](O)C1)c1ccccc1.Cl. The van der Waals surface area contributed by atoms with Gasteiger partial charge in [-0.25, -0.2) is 0 Å². The van der Waals surface area contributed by atoms with E-state index in [0.29, 0.717) is 6.54 Å². The number of aliphatic hydroxyl groups is 1. The number of likely N-dealkylation sites (N-methyl/N-ethyl adjacent to an activating group) is 1. The topological polar surface area (TPSA) is 43.8 Å². The van der Waals surface area contributed by atoms with Gasteiger partial charge in [-0.2, -0.15) is 0 Å². The fourth-order valence-electron chi connectivity index (χ4n) is 5.50. The maximum atomic E-state index is 14.3. The van der Waals surface area contributed by atoms with Gasteiger partial charge in [0.2, 0.25) is 5.91 Å². The number of hydrogen-bond acceptors (Lipinski definition) is 3. The lowest BCUT2D eigenvalue weighted by Crippen LogP contribution is -2.41. The van der Waals surface area contributed by atoms with Crippen LogP contribution in [0.4, 0.5) is 0 Å². The van der Waals surface area contributed by atoms with E-state index in [1.165, 1.54) is 11.1 Å². The predicted molar refractivity (Wildman–Crippen MR) is 138 cm³/mol. The molecule has 1 heterocycles. The average Bonchev–Trinajstić information content (AvgIpc) is 3.19. The lowest BCUT2D eigenvalue weighted by Gasteiger charge is -2.35. The van der Waals surface area contributed by atoms with Gasteiger partial charge in [-0.1, -0.05) is 78.9 Å². The van der Waals surface area contributed by atoms with Gasteiger partial charge in [0.15, 0.2) is 0 Å². The minimum atomic E-state index is -0.305. The van der Waals surface area contributed by atoms with Crippen molar-refractivity contribution in [2.75, 3.05) is 26.7 Å². The Hall–Kier alpha value is -2.66. The van der Waals surface area contributed by atoms with Crippen molar-refractivity contribution in [2.45, 2.75) is 37.3 Å². The van der Waals surface area contributed by atoms with Gasteiger partial charge < -0.3 is 10.0 Å². The van der Waals surface area contributed by atoms with Crippen LogP contribution in [0.3, 0.4) is 0 Å². The van der Waals surface area contributed by atoms with Crippen LogP contribution in [0.1, 0.15) is 46.2 Å². The second-order valence-electron chi connectivity index (χ2n) is 9.41. The number of carbonyl (C=O) groups excluding carboxylic acids is 1. The maximum Gasteiger partial charge on any atom is 0.234 e. The number of rotatable bonds is 5. The largest absolute Gasteiger partial charge is 0.392 e. The van der Waals surface area contributed by atoms with E-state index in [2.05, 4.69) is 53.4 Å². The van der Waals surface area contributed by atoms with Crippen LogP contribution in [-0.4, -0.2) is 53.6 Å². The van der Waals surface area contributed by atoms with E-state index in [4.69, 9.17) is 0 Å². The lowest BCUT2D eigenvalue weighted by molar-refractivity contribution is -0.133. The third-order valence-corrected chi connectivity index (χ3v) is 7.32. The zero-order chi connectivity index (χ0) is 22.8. The second-order valence-corrected chi connectivity index (χ2v) is 9.41. The molecule has 0 radical (unpaired) electrons. The molecule has 5 rings (SSSR count). The van der Waals surface area contributed by atoms with Crippen molar-refractivity contribution in [2.24, 2.45) is 0 Å². The second kappa shape index (κ2) is 10.7. The molecule has 1 N–H and O–H groups in total. The molecule has 1 fully saturated rings. The van der Waals surface area contributed by atoms with Gasteiger partial charge in [-0.15, -0.1) is 12.4 Å². The number of fused-ring (bicyclic) bond motifs is 2. The number of amides is 1. The van der Waals surface area contributed by atoms with Crippen molar-refractivity contribution >= 4 is 18.3 Å². The first kappa shape index (κ1) is 24.5. The van der Waals surface area contributed by atoms with Crippen LogP contribution in [0.5, 0.6) is 0 Å². The summed E-state index contributed by atoms with van der Waals surface area (Å²) in [6, 6.07) is 27.1. The monoisotopic (exact) mass is 476 g/mol. The zero-order valence-electron chi connectivity index (χ0n) is 19.6. The number of hydrogen-bond donors (Lipinski definition) is 1. The van der Waals surface area contributed by atoms with Crippen LogP contribution < -0.4 is 0 Å². The van der Waals surface area contributed by atoms with E-state index < -0.39 is 0 Å². The Kier molecular flexibility index (Phi) is 7.72. The van der Waals surface area contributed by atoms with E-state index in [1.54, 1.807) is 0 Å². The molecular weight excluding hydrogens is 444 g/mol. The highest BCUT2D eigenvalue weighted by molar-refractivity contribution is 5.88. The van der Waals surface area contributed by atoms with Gasteiger partial charge >= 0.3 is 0 Å². The Morgan fingerprint density at radius 2 is 1.50 bits per heavy atom. The van der Waals surface area contributed by atoms with Crippen molar-refractivity contribution in [3.05, 3.63) is 107 Å². The summed E-state index contributed by atoms with van der Waals surface area (Å²) in [4.78, 5) is 18.5. The van der Waals surface area contributed by atoms with Crippen LogP contribution in [0.2, 0.25) is 0 Å². The summed E-state index contributed by atoms with van der Waals surface area (Å²) in [7, 11) is 1.95. The quantitative estimate of drug-likeness (QED) is 0.585. The molecule has 0 aromatic heterocycles. The normalized spacial score (nSPS) is 18.8. The molecule has 5 heteroatoms. The first-order valence-electron chi connectivity index (χ1n) is 12.0. The summed E-state index contributed by atoms with van der Waals surface area (Å²) in [6.45, 7) is 2.25. The van der Waals surface area contributed by atoms with Crippen LogP contribution in [0.25, 0.3) is 0 Å². The lowest BCUT2D eigenvalue weighted by atomic mass is 9.86. The van der Waals surface area contributed by atoms with Gasteiger partial charge in [0.25, 0.3) is 0 Å². The molecule has 0 unspecified atom stereocenters. The third-order valence-electron chi connectivity index (χ3n) is 7.32. The molecule has 1 aliphatic carbocycles. The van der Waals surface area contributed by atoms with E-state index >= 15 is 0 Å². The number of halogens is 1. The Morgan fingerprint density at radius 1 is 0.941 bits per heavy atom. The summed E-state index contributed by atoms with van der Waals surface area (Å²) in [6.07, 6.45) is 2.42. The highest BCUT2D eigenvalue weighted by atomic mass is 35.5. The summed E-state index contributed by atoms with van der Waals surface area (Å²) in [5.41, 5.74) is 5.91. The number of nitrogens with zero attached hydrogens (tertiary/aromatic N) is 2. The molecule has 178 valence electrons. The van der Waals surface area contributed by atoms with Crippen LogP contribution in [0, 0.1) is 0 Å². The molecule has 34 heavy (non-hydrogen) atoms. The summed E-state index contributed by atoms with van der Waals surface area (Å²) in [5, 5.41) is 10.1. The van der Waals surface area contributed by atoms with E-state index in [-0.39, 0.29) is 36.4 Å². The Bertz CT molecular complexity index is 1070. The van der Waals surface area contributed by atoms with Gasteiger partial charge in [0.05, 0.1) is 18.1 Å². The Morgan fingerprint density at radius 3 is 2.06 bits per heavy atom. The van der Waals surface area contributed by atoms with Crippen LogP contribution in [-0.2, 0) is 17.6 Å². The molecule has 0 bridgehead atoms. The van der Waals surface area contributed by atoms with Crippen molar-refractivity contribution in [1.29, 1.82) is 0 Å². The zero-order valence-corrected chi connectivity index (χ0v) is 20.5. The molecule has 0 saturated carbocycles. The van der Waals surface area contributed by atoms with Crippen molar-refractivity contribution in [3.63, 3.8) is 0 Å². The fraction of sp³-hybridized carbons (Fsp3) is 0.345. The predicted octanol–water partition coefficient (Wildman–Crippen LogP) is 4.61. The highest BCUT2D eigenvalue weighted by Crippen LogP contribution is 2.37. The Balaban J connectivity index is 0.00000274. The number of benzene rings is 3. The molecule has 1 aliphatic heterocycles. The van der Waals surface area contributed by atoms with Crippen molar-refractivity contribution in [1.82, 2.24) is 9.80 Å². The first-order chi connectivity index (χ1) is 16.1. The number of aryl methyl sites for hydroxylation is 2. The van der Waals surface area contributed by atoms with Crippen LogP contribution >= 0.6 is 12.4 Å². The molecule has 0 spiro atoms. The molecule has 1 amide bonds. The first-order valence-corrected chi connectivity index (χ1v) is 12.0.